The zero-order valence-corrected chi connectivity index (χ0v) is 16.9. The van der Waals surface area contributed by atoms with E-state index in [9.17, 15) is 18.0 Å². The van der Waals surface area contributed by atoms with Gasteiger partial charge in [-0.15, -0.1) is 0 Å². The van der Waals surface area contributed by atoms with Crippen LogP contribution in [0.15, 0.2) is 24.3 Å². The summed E-state index contributed by atoms with van der Waals surface area (Å²) in [7, 11) is -1.60. The van der Waals surface area contributed by atoms with E-state index in [1.807, 2.05) is 0 Å². The molecule has 0 aromatic heterocycles. The van der Waals surface area contributed by atoms with Crippen LogP contribution >= 0.6 is 0 Å². The molecule has 154 valence electrons. The number of ether oxygens (including phenoxy) is 2. The maximum atomic E-state index is 12.9. The molecule has 1 amide bonds. The molecule has 0 radical (unpaired) electrons. The maximum Gasteiger partial charge on any atom is 0.338 e. The van der Waals surface area contributed by atoms with E-state index in [0.717, 1.165) is 32.1 Å². The summed E-state index contributed by atoms with van der Waals surface area (Å²) in [5, 5.41) is 0. The molecule has 1 aliphatic carbocycles. The number of nitrogens with zero attached hydrogens (tertiary/aromatic N) is 1. The predicted molar refractivity (Wildman–Crippen MR) is 104 cm³/mol. The molecule has 0 spiro atoms. The zero-order valence-electron chi connectivity index (χ0n) is 16.1. The van der Waals surface area contributed by atoms with Gasteiger partial charge in [0.05, 0.1) is 24.2 Å². The summed E-state index contributed by atoms with van der Waals surface area (Å²) in [6, 6.07) is 6.24. The van der Waals surface area contributed by atoms with Gasteiger partial charge in [-0.1, -0.05) is 25.3 Å². The second-order valence-corrected chi connectivity index (χ2v) is 9.69. The fourth-order valence-electron chi connectivity index (χ4n) is 4.09. The normalized spacial score (nSPS) is 21.8. The Morgan fingerprint density at radius 1 is 1.11 bits per heavy atom. The van der Waals surface area contributed by atoms with Gasteiger partial charge in [0.15, 0.2) is 16.4 Å². The molecule has 1 saturated carbocycles. The Balaban J connectivity index is 1.67. The lowest BCUT2D eigenvalue weighted by atomic mass is 9.93. The first-order valence-corrected chi connectivity index (χ1v) is 11.5. The minimum atomic E-state index is -3.11. The van der Waals surface area contributed by atoms with Gasteiger partial charge in [0.1, 0.15) is 5.75 Å². The quantitative estimate of drug-likeness (QED) is 0.669. The van der Waals surface area contributed by atoms with Crippen LogP contribution in [0.4, 0.5) is 0 Å². The highest BCUT2D eigenvalue weighted by molar-refractivity contribution is 7.91. The summed E-state index contributed by atoms with van der Waals surface area (Å²) in [4.78, 5) is 26.9. The molecule has 1 aliphatic heterocycles. The van der Waals surface area contributed by atoms with Crippen LogP contribution in [-0.4, -0.2) is 62.5 Å². The second-order valence-electron chi connectivity index (χ2n) is 7.46. The number of carbonyl (C=O) groups is 2. The Bertz CT molecular complexity index is 816. The molecule has 2 fully saturated rings. The van der Waals surface area contributed by atoms with Crippen molar-refractivity contribution in [2.24, 2.45) is 0 Å². The Morgan fingerprint density at radius 3 is 2.50 bits per heavy atom. The van der Waals surface area contributed by atoms with E-state index in [1.54, 1.807) is 29.2 Å². The van der Waals surface area contributed by atoms with Gasteiger partial charge in [-0.25, -0.2) is 13.2 Å². The lowest BCUT2D eigenvalue weighted by Gasteiger charge is -2.38. The number of sulfone groups is 1. The number of hydrogen-bond acceptors (Lipinski definition) is 6. The number of hydrogen-bond donors (Lipinski definition) is 0. The molecule has 0 N–H and O–H groups in total. The number of benzene rings is 1. The van der Waals surface area contributed by atoms with E-state index in [4.69, 9.17) is 9.47 Å². The third-order valence-corrected chi connectivity index (χ3v) is 7.24. The van der Waals surface area contributed by atoms with Gasteiger partial charge in [-0.3, -0.25) is 4.79 Å². The highest BCUT2D eigenvalue weighted by Crippen LogP contribution is 2.28. The van der Waals surface area contributed by atoms with Crippen LogP contribution in [0, 0.1) is 0 Å². The topological polar surface area (TPSA) is 90.0 Å². The van der Waals surface area contributed by atoms with Crippen LogP contribution in [0.3, 0.4) is 0 Å². The van der Waals surface area contributed by atoms with Crippen LogP contribution in [0.2, 0.25) is 0 Å². The molecule has 7 nitrogen and oxygen atoms in total. The van der Waals surface area contributed by atoms with Crippen LogP contribution in [0.5, 0.6) is 5.75 Å². The first kappa shape index (κ1) is 20.6. The first-order valence-electron chi connectivity index (χ1n) is 9.72. The number of amides is 1. The molecular formula is C20H27NO6S. The van der Waals surface area contributed by atoms with Crippen molar-refractivity contribution in [2.75, 3.05) is 25.2 Å². The predicted octanol–water partition coefficient (Wildman–Crippen LogP) is 2.20. The smallest absolute Gasteiger partial charge is 0.338 e. The largest absolute Gasteiger partial charge is 0.497 e. The van der Waals surface area contributed by atoms with Crippen molar-refractivity contribution in [3.63, 3.8) is 0 Å². The lowest BCUT2D eigenvalue weighted by Crippen LogP contribution is -2.50. The minimum Gasteiger partial charge on any atom is -0.497 e. The summed E-state index contributed by atoms with van der Waals surface area (Å²) in [5.41, 5.74) is 0.305. The van der Waals surface area contributed by atoms with Crippen molar-refractivity contribution >= 4 is 21.7 Å². The summed E-state index contributed by atoms with van der Waals surface area (Å²) < 4.78 is 34.2. The Labute approximate surface area is 165 Å². The molecule has 3 rings (SSSR count). The Hall–Kier alpha value is -2.09. The summed E-state index contributed by atoms with van der Waals surface area (Å²) in [6.45, 7) is -0.386. The lowest BCUT2D eigenvalue weighted by molar-refractivity contribution is -0.140. The summed E-state index contributed by atoms with van der Waals surface area (Å²) >= 11 is 0. The Morgan fingerprint density at radius 2 is 1.86 bits per heavy atom. The average Bonchev–Trinajstić information content (AvgIpc) is 3.06. The van der Waals surface area contributed by atoms with Crippen molar-refractivity contribution in [1.82, 2.24) is 4.90 Å². The molecule has 8 heteroatoms. The Kier molecular flexibility index (Phi) is 6.59. The monoisotopic (exact) mass is 409 g/mol. The number of esters is 1. The van der Waals surface area contributed by atoms with Gasteiger partial charge in [0.25, 0.3) is 5.91 Å². The number of rotatable bonds is 6. The molecule has 0 bridgehead atoms. The van der Waals surface area contributed by atoms with E-state index in [2.05, 4.69) is 0 Å². The van der Waals surface area contributed by atoms with Crippen molar-refractivity contribution in [3.8, 4) is 5.75 Å². The molecule has 1 heterocycles. The molecular weight excluding hydrogens is 382 g/mol. The second kappa shape index (κ2) is 8.94. The van der Waals surface area contributed by atoms with Crippen molar-refractivity contribution < 1.29 is 27.5 Å². The van der Waals surface area contributed by atoms with Crippen molar-refractivity contribution in [1.29, 1.82) is 0 Å². The molecule has 28 heavy (non-hydrogen) atoms. The molecule has 2 aliphatic rings. The SMILES string of the molecule is COc1cccc(C(=O)OCC(=O)N(C2CCCCC2)C2CCS(=O)(=O)C2)c1. The summed E-state index contributed by atoms with van der Waals surface area (Å²) in [5.74, 6) is -0.280. The molecule has 1 aromatic rings. The van der Waals surface area contributed by atoms with Crippen molar-refractivity contribution in [3.05, 3.63) is 29.8 Å². The fraction of sp³-hybridized carbons (Fsp3) is 0.600. The van der Waals surface area contributed by atoms with Gasteiger partial charge in [0, 0.05) is 12.1 Å². The minimum absolute atomic E-state index is 0.000922. The molecule has 1 unspecified atom stereocenters. The number of methoxy groups -OCH3 is 1. The van der Waals surface area contributed by atoms with E-state index in [0.29, 0.717) is 17.7 Å². The molecule has 1 saturated heterocycles. The molecule has 1 aromatic carbocycles. The van der Waals surface area contributed by atoms with Crippen LogP contribution < -0.4 is 4.74 Å². The average molecular weight is 410 g/mol. The van der Waals surface area contributed by atoms with E-state index < -0.39 is 15.8 Å². The van der Waals surface area contributed by atoms with Crippen LogP contribution in [-0.2, 0) is 19.4 Å². The van der Waals surface area contributed by atoms with Gasteiger partial charge < -0.3 is 14.4 Å². The fourth-order valence-corrected chi connectivity index (χ4v) is 5.81. The summed E-state index contributed by atoms with van der Waals surface area (Å²) in [6.07, 6.45) is 5.37. The standard InChI is InChI=1S/C20H27NO6S/c1-26-18-9-5-6-15(12-18)20(23)27-13-19(22)21(16-7-3-2-4-8-16)17-10-11-28(24,25)14-17/h5-6,9,12,16-17H,2-4,7-8,10-11,13-14H2,1H3. The maximum absolute atomic E-state index is 12.9. The van der Waals surface area contributed by atoms with Crippen LogP contribution in [0.1, 0.15) is 48.9 Å². The highest BCUT2D eigenvalue weighted by Gasteiger charge is 2.38. The van der Waals surface area contributed by atoms with E-state index >= 15 is 0 Å². The van der Waals surface area contributed by atoms with Gasteiger partial charge in [-0.2, -0.15) is 0 Å². The molecule has 1 atom stereocenters. The van der Waals surface area contributed by atoms with E-state index in [-0.39, 0.29) is 36.1 Å². The van der Waals surface area contributed by atoms with Gasteiger partial charge in [0.2, 0.25) is 0 Å². The highest BCUT2D eigenvalue weighted by atomic mass is 32.2. The van der Waals surface area contributed by atoms with Gasteiger partial charge >= 0.3 is 5.97 Å². The van der Waals surface area contributed by atoms with Gasteiger partial charge in [-0.05, 0) is 37.5 Å². The first-order chi connectivity index (χ1) is 13.4. The number of carbonyl (C=O) groups excluding carboxylic acids is 2. The van der Waals surface area contributed by atoms with Crippen molar-refractivity contribution in [2.45, 2.75) is 50.6 Å². The van der Waals surface area contributed by atoms with E-state index in [1.165, 1.54) is 7.11 Å². The third kappa shape index (κ3) is 5.04. The van der Waals surface area contributed by atoms with Crippen LogP contribution in [0.25, 0.3) is 0 Å². The third-order valence-electron chi connectivity index (χ3n) is 5.49. The zero-order chi connectivity index (χ0) is 20.1.